The molecule has 0 atom stereocenters. The zero-order valence-corrected chi connectivity index (χ0v) is 37.8. The van der Waals surface area contributed by atoms with Crippen LogP contribution in [0.15, 0.2) is 164 Å². The molecule has 3 heterocycles. The Morgan fingerprint density at radius 3 is 1.66 bits per heavy atom. The molecule has 0 N–H and O–H groups in total. The van der Waals surface area contributed by atoms with Gasteiger partial charge in [-0.1, -0.05) is 146 Å². The van der Waals surface area contributed by atoms with E-state index >= 15 is 0 Å². The third-order valence-electron chi connectivity index (χ3n) is 12.1. The van der Waals surface area contributed by atoms with E-state index in [4.69, 9.17) is 15.0 Å². The van der Waals surface area contributed by atoms with Crippen LogP contribution in [0.25, 0.3) is 104 Å². The number of fused-ring (bicyclic) bond motifs is 6. The zero-order valence-electron chi connectivity index (χ0n) is 34.9. The lowest BCUT2D eigenvalue weighted by molar-refractivity contribution is 1.02. The Labute approximate surface area is 375 Å². The van der Waals surface area contributed by atoms with Gasteiger partial charge in [0.05, 0.1) is 16.7 Å². The molecule has 0 bridgehead atoms. The molecule has 0 saturated carbocycles. The highest BCUT2D eigenvalue weighted by atomic mass is 127. The summed E-state index contributed by atoms with van der Waals surface area (Å²) < 4.78 is 10.1. The number of benzene rings is 8. The van der Waals surface area contributed by atoms with Crippen molar-refractivity contribution in [1.29, 1.82) is 0 Å². The maximum atomic E-state index is 5.27. The van der Waals surface area contributed by atoms with Gasteiger partial charge in [-0.05, 0) is 127 Å². The van der Waals surface area contributed by atoms with Gasteiger partial charge in [0.25, 0.3) is 0 Å². The van der Waals surface area contributed by atoms with Gasteiger partial charge in [0.1, 0.15) is 0 Å². The fraction of sp³-hybridized carbons (Fsp3) is 0.0714. The summed E-state index contributed by atoms with van der Waals surface area (Å²) in [4.78, 5) is 15.4. The molecular formula is C56H41IN4S. The topological polar surface area (TPSA) is 43.6 Å². The molecule has 4 nitrogen and oxygen atoms in total. The van der Waals surface area contributed by atoms with Gasteiger partial charge in [-0.25, -0.2) is 15.0 Å². The minimum atomic E-state index is -0.687. The SMILES string of the molecule is C=Ic1nc(-c2ccccc2)nc(-c2cc(-c3ccc4sc5ccccc5c4c3)ccc2-n2c3ccc(-c4ccc(C)cc4C)cc3c3cc(-c4ccc(C)cc4C)ccc32)n1. The number of thiophene rings is 1. The van der Waals surface area contributed by atoms with Crippen LogP contribution in [0.4, 0.5) is 0 Å². The maximum Gasteiger partial charge on any atom is 0.188 e. The number of aromatic nitrogens is 4. The first kappa shape index (κ1) is 38.3. The van der Waals surface area contributed by atoms with Crippen molar-refractivity contribution in [2.75, 3.05) is 0 Å². The van der Waals surface area contributed by atoms with E-state index < -0.39 is 20.7 Å². The van der Waals surface area contributed by atoms with Gasteiger partial charge in [0.2, 0.25) is 0 Å². The molecule has 11 rings (SSSR count). The van der Waals surface area contributed by atoms with Crippen molar-refractivity contribution in [3.8, 4) is 61.8 Å². The highest BCUT2D eigenvalue weighted by Crippen LogP contribution is 2.42. The maximum absolute atomic E-state index is 5.27. The first-order valence-corrected chi connectivity index (χ1v) is 24.2. The molecule has 0 aliphatic rings. The molecule has 3 aromatic heterocycles. The summed E-state index contributed by atoms with van der Waals surface area (Å²) >= 11 is 1.15. The van der Waals surface area contributed by atoms with Crippen molar-refractivity contribution in [3.05, 3.63) is 190 Å². The van der Waals surface area contributed by atoms with Crippen LogP contribution in [0.5, 0.6) is 0 Å². The summed E-state index contributed by atoms with van der Waals surface area (Å²) in [7, 11) is 0. The van der Waals surface area contributed by atoms with Crippen LogP contribution < -0.4 is 0 Å². The normalized spacial score (nSPS) is 11.7. The lowest BCUT2D eigenvalue weighted by atomic mass is 9.95. The second-order valence-electron chi connectivity index (χ2n) is 16.2. The van der Waals surface area contributed by atoms with Crippen LogP contribution in [0.3, 0.4) is 0 Å². The van der Waals surface area contributed by atoms with E-state index in [2.05, 4.69) is 182 Å². The molecule has 0 unspecified atom stereocenters. The number of nitrogens with zero attached hydrogens (tertiary/aromatic N) is 4. The zero-order chi connectivity index (χ0) is 42.1. The molecule has 0 amide bonds. The molecule has 11 aromatic rings. The van der Waals surface area contributed by atoms with Crippen molar-refractivity contribution in [1.82, 2.24) is 19.5 Å². The number of aryl methyl sites for hydroxylation is 4. The minimum Gasteiger partial charge on any atom is -0.308 e. The number of halogens is 1. The van der Waals surface area contributed by atoms with Crippen LogP contribution in [0.2, 0.25) is 0 Å². The van der Waals surface area contributed by atoms with E-state index in [1.54, 1.807) is 0 Å². The fourth-order valence-corrected chi connectivity index (χ4v) is 11.0. The predicted octanol–water partition coefficient (Wildman–Crippen LogP) is 15.5. The summed E-state index contributed by atoms with van der Waals surface area (Å²) in [6.45, 7) is 8.73. The Hall–Kier alpha value is -6.61. The number of hydrogen-bond acceptors (Lipinski definition) is 4. The third kappa shape index (κ3) is 6.65. The van der Waals surface area contributed by atoms with E-state index in [0.717, 1.165) is 42.8 Å². The monoisotopic (exact) mass is 928 g/mol. The Kier molecular flexibility index (Phi) is 9.51. The number of rotatable bonds is 7. The van der Waals surface area contributed by atoms with E-state index in [1.807, 2.05) is 29.5 Å². The van der Waals surface area contributed by atoms with Gasteiger partial charge in [0.15, 0.2) is 15.5 Å². The van der Waals surface area contributed by atoms with Crippen molar-refractivity contribution in [2.45, 2.75) is 27.7 Å². The lowest BCUT2D eigenvalue weighted by Gasteiger charge is -2.16. The second kappa shape index (κ2) is 15.4. The average molecular weight is 929 g/mol. The Morgan fingerprint density at radius 1 is 0.435 bits per heavy atom. The van der Waals surface area contributed by atoms with E-state index in [9.17, 15) is 0 Å². The molecule has 62 heavy (non-hydrogen) atoms. The molecule has 0 fully saturated rings. The Balaban J connectivity index is 1.19. The van der Waals surface area contributed by atoms with Crippen molar-refractivity contribution in [3.63, 3.8) is 0 Å². The van der Waals surface area contributed by atoms with Gasteiger partial charge >= 0.3 is 0 Å². The van der Waals surface area contributed by atoms with Crippen molar-refractivity contribution in [2.24, 2.45) is 0 Å². The van der Waals surface area contributed by atoms with E-state index in [0.29, 0.717) is 11.6 Å². The summed E-state index contributed by atoms with van der Waals surface area (Å²) in [5, 5.41) is 4.94. The van der Waals surface area contributed by atoms with Gasteiger partial charge in [0, 0.05) is 42.1 Å². The lowest BCUT2D eigenvalue weighted by Crippen LogP contribution is -2.04. The molecule has 0 radical (unpaired) electrons. The third-order valence-corrected chi connectivity index (χ3v) is 14.4. The summed E-state index contributed by atoms with van der Waals surface area (Å²) in [6, 6.07) is 59.9. The molecular weight excluding hydrogens is 888 g/mol. The van der Waals surface area contributed by atoms with Crippen molar-refractivity contribution >= 4 is 78.6 Å². The number of hydrogen-bond donors (Lipinski definition) is 0. The highest BCUT2D eigenvalue weighted by molar-refractivity contribution is 14.2. The minimum absolute atomic E-state index is 0.643. The Morgan fingerprint density at radius 2 is 1.00 bits per heavy atom. The highest BCUT2D eigenvalue weighted by Gasteiger charge is 2.21. The summed E-state index contributed by atoms with van der Waals surface area (Å²) in [6.07, 6.45) is 0. The molecule has 8 aromatic carbocycles. The molecule has 298 valence electrons. The first-order chi connectivity index (χ1) is 30.3. The van der Waals surface area contributed by atoms with Crippen molar-refractivity contribution < 1.29 is 0 Å². The van der Waals surface area contributed by atoms with Crippen LogP contribution in [0.1, 0.15) is 22.3 Å². The standard InChI is InChI=1S/C56H41IN4S/c1-33-15-21-42(35(3)27-33)40-18-24-49-45(31-40)46-32-41(43-22-16-34(2)28-36(43)4)19-25-50(46)61(49)51-23-17-38(39-20-26-53-47(29-39)44-13-9-10-14-52(44)62-53)30-48(51)55-58-54(59-56(57-5)60-55)37-11-7-6-8-12-37/h6-32H,5H2,1-4H3. The molecule has 0 spiro atoms. The summed E-state index contributed by atoms with van der Waals surface area (Å²) in [5.74, 6) is 1.31. The predicted molar refractivity (Wildman–Crippen MR) is 273 cm³/mol. The van der Waals surface area contributed by atoms with E-state index in [1.165, 1.54) is 75.5 Å². The van der Waals surface area contributed by atoms with Crippen LogP contribution in [-0.2, 0) is 0 Å². The Bertz CT molecular complexity index is 3490. The molecule has 0 saturated heterocycles. The quantitative estimate of drug-likeness (QED) is 0.150. The van der Waals surface area contributed by atoms with E-state index in [-0.39, 0.29) is 0 Å². The largest absolute Gasteiger partial charge is 0.308 e. The first-order valence-electron chi connectivity index (χ1n) is 20.8. The smallest absolute Gasteiger partial charge is 0.188 e. The van der Waals surface area contributed by atoms with Crippen LogP contribution in [-0.4, -0.2) is 24.0 Å². The summed E-state index contributed by atoms with van der Waals surface area (Å²) in [5.41, 5.74) is 17.3. The molecule has 0 aliphatic carbocycles. The van der Waals surface area contributed by atoms with Crippen LogP contribution in [0, 0.1) is 31.5 Å². The second-order valence-corrected chi connectivity index (χ2v) is 19.0. The van der Waals surface area contributed by atoms with Gasteiger partial charge in [-0.2, -0.15) is 0 Å². The van der Waals surface area contributed by atoms with Crippen LogP contribution >= 0.6 is 32.1 Å². The van der Waals surface area contributed by atoms with Gasteiger partial charge < -0.3 is 4.57 Å². The van der Waals surface area contributed by atoms with Gasteiger partial charge in [-0.15, -0.1) is 11.3 Å². The fourth-order valence-electron chi connectivity index (χ4n) is 9.13. The average Bonchev–Trinajstić information content (AvgIpc) is 3.83. The molecule has 0 aliphatic heterocycles. The van der Waals surface area contributed by atoms with Gasteiger partial charge in [-0.3, -0.25) is 0 Å². The molecule has 6 heteroatoms.